The van der Waals surface area contributed by atoms with Gasteiger partial charge in [-0.25, -0.2) is 8.42 Å². The molecule has 0 saturated carbocycles. The van der Waals surface area contributed by atoms with Crippen molar-refractivity contribution in [1.82, 2.24) is 5.32 Å². The van der Waals surface area contributed by atoms with E-state index in [2.05, 4.69) is 10.0 Å². The number of rotatable bonds is 6. The van der Waals surface area contributed by atoms with Crippen molar-refractivity contribution in [2.45, 2.75) is 17.9 Å². The van der Waals surface area contributed by atoms with Gasteiger partial charge < -0.3 is 14.8 Å². The summed E-state index contributed by atoms with van der Waals surface area (Å²) in [6.45, 7) is 2.00. The van der Waals surface area contributed by atoms with E-state index in [4.69, 9.17) is 9.47 Å². The molecular weight excluding hydrogens is 452 g/mol. The number of anilines is 1. The normalized spacial score (nSPS) is 13.4. The zero-order valence-electron chi connectivity index (χ0n) is 18.3. The summed E-state index contributed by atoms with van der Waals surface area (Å²) >= 11 is 0. The zero-order chi connectivity index (χ0) is 23.7. The molecule has 1 amide bonds. The molecule has 1 heterocycles. The molecule has 1 aliphatic heterocycles. The van der Waals surface area contributed by atoms with Crippen molar-refractivity contribution < 1.29 is 22.7 Å². The Hall–Kier alpha value is -4.04. The lowest BCUT2D eigenvalue weighted by Crippen LogP contribution is -2.27. The maximum atomic E-state index is 13.0. The SMILES string of the molecule is C[C@H](NC(=O)c1cccc(S(=O)(=O)Nc2ccc3c(c2)OCO3)c1)c1cccc2ccccc12. The molecular formula is C26H22N2O5S. The molecule has 0 aromatic heterocycles. The standard InChI is InChI=1S/C26H22N2O5S/c1-17(22-11-5-7-18-6-2-3-10-23(18)22)27-26(29)19-8-4-9-21(14-19)34(30,31)28-20-12-13-24-25(15-20)33-16-32-24/h2-15,17,28H,16H2,1H3,(H,27,29)/t17-/m0/s1. The molecule has 1 atom stereocenters. The van der Waals surface area contributed by atoms with E-state index >= 15 is 0 Å². The quantitative estimate of drug-likeness (QED) is 0.416. The summed E-state index contributed by atoms with van der Waals surface area (Å²) in [5.41, 5.74) is 1.57. The van der Waals surface area contributed by atoms with Crippen molar-refractivity contribution in [1.29, 1.82) is 0 Å². The summed E-state index contributed by atoms with van der Waals surface area (Å²) in [5.74, 6) is 0.665. The first-order valence-electron chi connectivity index (χ1n) is 10.7. The lowest BCUT2D eigenvalue weighted by atomic mass is 9.99. The average Bonchev–Trinajstić information content (AvgIpc) is 3.31. The van der Waals surface area contributed by atoms with Crippen LogP contribution in [0.4, 0.5) is 5.69 Å². The molecule has 5 rings (SSSR count). The third kappa shape index (κ3) is 4.27. The van der Waals surface area contributed by atoms with E-state index in [1.54, 1.807) is 30.3 Å². The van der Waals surface area contributed by atoms with Crippen LogP contribution in [0.5, 0.6) is 11.5 Å². The molecule has 4 aromatic rings. The highest BCUT2D eigenvalue weighted by Crippen LogP contribution is 2.35. The van der Waals surface area contributed by atoms with E-state index in [-0.39, 0.29) is 29.2 Å². The molecule has 0 aliphatic carbocycles. The van der Waals surface area contributed by atoms with Crippen LogP contribution in [0.25, 0.3) is 10.8 Å². The van der Waals surface area contributed by atoms with Gasteiger partial charge in [-0.15, -0.1) is 0 Å². The largest absolute Gasteiger partial charge is 0.454 e. The van der Waals surface area contributed by atoms with Crippen LogP contribution in [-0.4, -0.2) is 21.1 Å². The Kier molecular flexibility index (Phi) is 5.59. The Bertz CT molecular complexity index is 1500. The van der Waals surface area contributed by atoms with Crippen LogP contribution >= 0.6 is 0 Å². The molecule has 7 nitrogen and oxygen atoms in total. The van der Waals surface area contributed by atoms with Gasteiger partial charge in [0.05, 0.1) is 16.6 Å². The van der Waals surface area contributed by atoms with Gasteiger partial charge in [0.15, 0.2) is 11.5 Å². The number of fused-ring (bicyclic) bond motifs is 2. The highest BCUT2D eigenvalue weighted by molar-refractivity contribution is 7.92. The fourth-order valence-electron chi connectivity index (χ4n) is 3.96. The maximum Gasteiger partial charge on any atom is 0.261 e. The first kappa shape index (κ1) is 21.8. The van der Waals surface area contributed by atoms with Crippen LogP contribution in [0, 0.1) is 0 Å². The average molecular weight is 475 g/mol. The Balaban J connectivity index is 1.35. The monoisotopic (exact) mass is 474 g/mol. The number of ether oxygens (including phenoxy) is 2. The second kappa shape index (κ2) is 8.72. The van der Waals surface area contributed by atoms with E-state index in [1.165, 1.54) is 12.1 Å². The van der Waals surface area contributed by atoms with E-state index < -0.39 is 10.0 Å². The van der Waals surface area contributed by atoms with Gasteiger partial charge in [-0.05, 0) is 53.6 Å². The number of nitrogens with one attached hydrogen (secondary N) is 2. The molecule has 0 saturated heterocycles. The van der Waals surface area contributed by atoms with Gasteiger partial charge in [-0.2, -0.15) is 0 Å². The molecule has 0 radical (unpaired) electrons. The topological polar surface area (TPSA) is 93.7 Å². The van der Waals surface area contributed by atoms with Crippen molar-refractivity contribution in [2.24, 2.45) is 0 Å². The fraction of sp³-hybridized carbons (Fsp3) is 0.115. The summed E-state index contributed by atoms with van der Waals surface area (Å²) in [6.07, 6.45) is 0. The van der Waals surface area contributed by atoms with Crippen molar-refractivity contribution in [2.75, 3.05) is 11.5 Å². The number of carbonyl (C=O) groups is 1. The first-order chi connectivity index (χ1) is 16.4. The lowest BCUT2D eigenvalue weighted by Gasteiger charge is -2.17. The molecule has 172 valence electrons. The van der Waals surface area contributed by atoms with Crippen LogP contribution in [-0.2, 0) is 10.0 Å². The molecule has 34 heavy (non-hydrogen) atoms. The molecule has 2 N–H and O–H groups in total. The van der Waals surface area contributed by atoms with Gasteiger partial charge in [0, 0.05) is 11.6 Å². The molecule has 0 unspecified atom stereocenters. The Morgan fingerprint density at radius 3 is 2.53 bits per heavy atom. The van der Waals surface area contributed by atoms with Gasteiger partial charge in [-0.3, -0.25) is 9.52 Å². The molecule has 0 fully saturated rings. The summed E-state index contributed by atoms with van der Waals surface area (Å²) in [4.78, 5) is 13.0. The first-order valence-corrected chi connectivity index (χ1v) is 12.2. The van der Waals surface area contributed by atoms with Gasteiger partial charge in [0.2, 0.25) is 6.79 Å². The van der Waals surface area contributed by atoms with Crippen molar-refractivity contribution in [3.63, 3.8) is 0 Å². The summed E-state index contributed by atoms with van der Waals surface area (Å²) < 4.78 is 39.0. The number of hydrogen-bond acceptors (Lipinski definition) is 5. The highest BCUT2D eigenvalue weighted by atomic mass is 32.2. The maximum absolute atomic E-state index is 13.0. The minimum atomic E-state index is -3.92. The highest BCUT2D eigenvalue weighted by Gasteiger charge is 2.20. The van der Waals surface area contributed by atoms with Crippen molar-refractivity contribution in [3.05, 3.63) is 96.1 Å². The van der Waals surface area contributed by atoms with E-state index in [0.717, 1.165) is 16.3 Å². The minimum Gasteiger partial charge on any atom is -0.454 e. The fourth-order valence-corrected chi connectivity index (χ4v) is 5.06. The Morgan fingerprint density at radius 2 is 1.65 bits per heavy atom. The van der Waals surface area contributed by atoms with Crippen molar-refractivity contribution >= 4 is 32.4 Å². The van der Waals surface area contributed by atoms with Gasteiger partial charge >= 0.3 is 0 Å². The molecule has 4 aromatic carbocycles. The third-order valence-corrected chi connectivity index (χ3v) is 7.05. The summed E-state index contributed by atoms with van der Waals surface area (Å²) in [6, 6.07) is 24.4. The zero-order valence-corrected chi connectivity index (χ0v) is 19.1. The number of benzene rings is 4. The number of hydrogen-bond donors (Lipinski definition) is 2. The smallest absolute Gasteiger partial charge is 0.261 e. The van der Waals surface area contributed by atoms with Crippen LogP contribution in [0.2, 0.25) is 0 Å². The molecule has 8 heteroatoms. The van der Waals surface area contributed by atoms with Gasteiger partial charge in [0.1, 0.15) is 0 Å². The minimum absolute atomic E-state index is 0.0179. The van der Waals surface area contributed by atoms with E-state index in [0.29, 0.717) is 17.2 Å². The Labute approximate surface area is 197 Å². The van der Waals surface area contributed by atoms with Gasteiger partial charge in [0.25, 0.3) is 15.9 Å². The van der Waals surface area contributed by atoms with Crippen LogP contribution in [0.3, 0.4) is 0 Å². The van der Waals surface area contributed by atoms with E-state index in [1.807, 2.05) is 49.4 Å². The van der Waals surface area contributed by atoms with Gasteiger partial charge in [-0.1, -0.05) is 48.5 Å². The lowest BCUT2D eigenvalue weighted by molar-refractivity contribution is 0.0940. The second-order valence-electron chi connectivity index (χ2n) is 7.96. The molecule has 0 spiro atoms. The predicted molar refractivity (Wildman–Crippen MR) is 130 cm³/mol. The summed E-state index contributed by atoms with van der Waals surface area (Å²) in [7, 11) is -3.92. The number of carbonyl (C=O) groups excluding carboxylic acids is 1. The predicted octanol–water partition coefficient (Wildman–Crippen LogP) is 4.86. The van der Waals surface area contributed by atoms with Crippen LogP contribution in [0.1, 0.15) is 28.9 Å². The molecule has 0 bridgehead atoms. The van der Waals surface area contributed by atoms with Crippen LogP contribution in [0.15, 0.2) is 89.8 Å². The van der Waals surface area contributed by atoms with Crippen molar-refractivity contribution in [3.8, 4) is 11.5 Å². The Morgan fingerprint density at radius 1 is 0.882 bits per heavy atom. The van der Waals surface area contributed by atoms with E-state index in [9.17, 15) is 13.2 Å². The second-order valence-corrected chi connectivity index (χ2v) is 9.65. The molecule has 1 aliphatic rings. The van der Waals surface area contributed by atoms with Crippen LogP contribution < -0.4 is 19.5 Å². The number of sulfonamides is 1. The summed E-state index contributed by atoms with van der Waals surface area (Å²) in [5, 5.41) is 5.12. The third-order valence-electron chi connectivity index (χ3n) is 5.67. The number of amides is 1.